The summed E-state index contributed by atoms with van der Waals surface area (Å²) >= 11 is 1.60. The highest BCUT2D eigenvalue weighted by Crippen LogP contribution is 2.27. The van der Waals surface area contributed by atoms with Gasteiger partial charge in [-0.25, -0.2) is 9.00 Å². The average Bonchev–Trinajstić information content (AvgIpc) is 3.33. The van der Waals surface area contributed by atoms with Crippen LogP contribution < -0.4 is 15.4 Å². The molecule has 7 heteroatoms. The number of carbonyl (C=O) groups is 1. The standard InChI is InChI=1S/C24H21N3O2S2/c28-24(25-16-18-14-15-30-17-18)26-20-10-12-21(13-11-20)27-31(29)23-9-5-4-8-22(23)19-6-2-1-3-7-19/h1-15,17,27H,16H2,(H2,25,26,28). The van der Waals surface area contributed by atoms with E-state index < -0.39 is 11.0 Å². The zero-order valence-electron chi connectivity index (χ0n) is 16.6. The fourth-order valence-corrected chi connectivity index (χ4v) is 4.74. The van der Waals surface area contributed by atoms with Crippen LogP contribution in [0.3, 0.4) is 0 Å². The maximum atomic E-state index is 13.0. The molecule has 0 fully saturated rings. The molecular weight excluding hydrogens is 426 g/mol. The zero-order chi connectivity index (χ0) is 21.5. The summed E-state index contributed by atoms with van der Waals surface area (Å²) in [6.45, 7) is 0.481. The molecule has 0 saturated carbocycles. The maximum absolute atomic E-state index is 13.0. The second-order valence-corrected chi connectivity index (χ2v) is 8.71. The van der Waals surface area contributed by atoms with Gasteiger partial charge in [-0.05, 0) is 63.8 Å². The van der Waals surface area contributed by atoms with Crippen molar-refractivity contribution < 1.29 is 9.00 Å². The lowest BCUT2D eigenvalue weighted by Crippen LogP contribution is -2.27. The second-order valence-electron chi connectivity index (χ2n) is 6.75. The molecule has 31 heavy (non-hydrogen) atoms. The van der Waals surface area contributed by atoms with Gasteiger partial charge in [-0.3, -0.25) is 0 Å². The van der Waals surface area contributed by atoms with Crippen molar-refractivity contribution in [3.8, 4) is 11.1 Å². The predicted octanol–water partition coefficient (Wildman–Crippen LogP) is 5.87. The fraction of sp³-hybridized carbons (Fsp3) is 0.0417. The highest BCUT2D eigenvalue weighted by Gasteiger charge is 2.11. The minimum atomic E-state index is -1.43. The average molecular weight is 448 g/mol. The van der Waals surface area contributed by atoms with Gasteiger partial charge < -0.3 is 15.4 Å². The molecule has 0 radical (unpaired) electrons. The summed E-state index contributed by atoms with van der Waals surface area (Å²) in [5.74, 6) is 0. The van der Waals surface area contributed by atoms with Crippen LogP contribution in [-0.2, 0) is 17.5 Å². The number of anilines is 2. The van der Waals surface area contributed by atoms with E-state index in [1.807, 2.05) is 71.4 Å². The van der Waals surface area contributed by atoms with Crippen molar-refractivity contribution in [1.29, 1.82) is 0 Å². The van der Waals surface area contributed by atoms with Crippen molar-refractivity contribution in [1.82, 2.24) is 5.32 Å². The molecule has 1 aromatic heterocycles. The minimum absolute atomic E-state index is 0.271. The molecule has 0 spiro atoms. The first-order valence-electron chi connectivity index (χ1n) is 9.68. The molecule has 0 saturated heterocycles. The van der Waals surface area contributed by atoms with E-state index in [1.54, 1.807) is 35.6 Å². The van der Waals surface area contributed by atoms with Crippen molar-refractivity contribution in [3.63, 3.8) is 0 Å². The Labute approximate surface area is 187 Å². The van der Waals surface area contributed by atoms with Gasteiger partial charge in [-0.1, -0.05) is 48.5 Å². The summed E-state index contributed by atoms with van der Waals surface area (Å²) < 4.78 is 16.0. The molecule has 4 aromatic rings. The van der Waals surface area contributed by atoms with Crippen LogP contribution in [0.1, 0.15) is 5.56 Å². The first kappa shape index (κ1) is 20.8. The van der Waals surface area contributed by atoms with E-state index in [1.165, 1.54) is 0 Å². The Kier molecular flexibility index (Phi) is 6.76. The number of nitrogens with one attached hydrogen (secondary N) is 3. The Balaban J connectivity index is 1.38. The van der Waals surface area contributed by atoms with Crippen LogP contribution in [0.5, 0.6) is 0 Å². The van der Waals surface area contributed by atoms with Crippen molar-refractivity contribution in [2.45, 2.75) is 11.4 Å². The Morgan fingerprint density at radius 2 is 1.55 bits per heavy atom. The van der Waals surface area contributed by atoms with E-state index >= 15 is 0 Å². The van der Waals surface area contributed by atoms with Crippen LogP contribution >= 0.6 is 11.3 Å². The van der Waals surface area contributed by atoms with Gasteiger partial charge in [0, 0.05) is 17.9 Å². The number of hydrogen-bond donors (Lipinski definition) is 3. The van der Waals surface area contributed by atoms with Gasteiger partial charge in [-0.15, -0.1) is 0 Å². The number of carbonyl (C=O) groups excluding carboxylic acids is 1. The van der Waals surface area contributed by atoms with Crippen LogP contribution in [-0.4, -0.2) is 10.2 Å². The third-order valence-corrected chi connectivity index (χ3v) is 6.47. The van der Waals surface area contributed by atoms with E-state index in [4.69, 9.17) is 0 Å². The van der Waals surface area contributed by atoms with Crippen LogP contribution in [0.4, 0.5) is 16.2 Å². The molecule has 0 aliphatic rings. The number of benzene rings is 3. The van der Waals surface area contributed by atoms with Gasteiger partial charge in [0.1, 0.15) is 0 Å². The molecule has 0 bridgehead atoms. The van der Waals surface area contributed by atoms with Crippen molar-refractivity contribution in [3.05, 3.63) is 101 Å². The molecule has 3 N–H and O–H groups in total. The molecule has 1 atom stereocenters. The third-order valence-electron chi connectivity index (χ3n) is 4.56. The predicted molar refractivity (Wildman–Crippen MR) is 129 cm³/mol. The highest BCUT2D eigenvalue weighted by molar-refractivity contribution is 7.86. The molecule has 2 amide bonds. The van der Waals surface area contributed by atoms with Crippen LogP contribution in [0.25, 0.3) is 11.1 Å². The second kappa shape index (κ2) is 10.1. The largest absolute Gasteiger partial charge is 0.334 e. The first-order chi connectivity index (χ1) is 15.2. The van der Waals surface area contributed by atoms with Gasteiger partial charge in [0.15, 0.2) is 11.0 Å². The fourth-order valence-electron chi connectivity index (χ4n) is 3.02. The third kappa shape index (κ3) is 5.59. The lowest BCUT2D eigenvalue weighted by atomic mass is 10.1. The van der Waals surface area contributed by atoms with Gasteiger partial charge >= 0.3 is 6.03 Å². The normalized spacial score (nSPS) is 11.5. The zero-order valence-corrected chi connectivity index (χ0v) is 18.2. The SMILES string of the molecule is O=C(NCc1ccsc1)Nc1ccc(NS(=O)c2ccccc2-c2ccccc2)cc1. The molecule has 3 aromatic carbocycles. The highest BCUT2D eigenvalue weighted by atomic mass is 32.2. The summed E-state index contributed by atoms with van der Waals surface area (Å²) in [7, 11) is -1.43. The Morgan fingerprint density at radius 1 is 0.839 bits per heavy atom. The van der Waals surface area contributed by atoms with E-state index in [-0.39, 0.29) is 6.03 Å². The Morgan fingerprint density at radius 3 is 2.29 bits per heavy atom. The summed E-state index contributed by atoms with van der Waals surface area (Å²) in [5.41, 5.74) is 4.36. The molecule has 1 heterocycles. The topological polar surface area (TPSA) is 70.2 Å². The monoisotopic (exact) mass is 447 g/mol. The molecule has 156 valence electrons. The first-order valence-corrected chi connectivity index (χ1v) is 11.8. The van der Waals surface area contributed by atoms with Crippen molar-refractivity contribution in [2.75, 3.05) is 10.0 Å². The van der Waals surface area contributed by atoms with Crippen molar-refractivity contribution >= 4 is 39.7 Å². The van der Waals surface area contributed by atoms with Gasteiger partial charge in [0.25, 0.3) is 0 Å². The van der Waals surface area contributed by atoms with Gasteiger partial charge in [0.05, 0.1) is 4.90 Å². The van der Waals surface area contributed by atoms with Gasteiger partial charge in [0.2, 0.25) is 0 Å². The number of rotatable bonds is 7. The van der Waals surface area contributed by atoms with Gasteiger partial charge in [-0.2, -0.15) is 11.3 Å². The lowest BCUT2D eigenvalue weighted by Gasteiger charge is -2.12. The molecular formula is C24H21N3O2S2. The van der Waals surface area contributed by atoms with Crippen LogP contribution in [0.15, 0.2) is 101 Å². The smallest absolute Gasteiger partial charge is 0.319 e. The number of hydrogen-bond acceptors (Lipinski definition) is 3. The summed E-state index contributed by atoms with van der Waals surface area (Å²) in [6, 6.07) is 26.3. The number of urea groups is 1. The number of amides is 2. The quantitative estimate of drug-likeness (QED) is 0.331. The van der Waals surface area contributed by atoms with Crippen LogP contribution in [0, 0.1) is 0 Å². The summed E-state index contributed by atoms with van der Waals surface area (Å²) in [5, 5.41) is 9.58. The minimum Gasteiger partial charge on any atom is -0.334 e. The summed E-state index contributed by atoms with van der Waals surface area (Å²) in [6.07, 6.45) is 0. The van der Waals surface area contributed by atoms with E-state index in [0.29, 0.717) is 22.8 Å². The molecule has 1 unspecified atom stereocenters. The number of thiophene rings is 1. The Hall–Kier alpha value is -3.42. The van der Waals surface area contributed by atoms with E-state index in [0.717, 1.165) is 16.7 Å². The van der Waals surface area contributed by atoms with Crippen molar-refractivity contribution in [2.24, 2.45) is 0 Å². The Bertz CT molecular complexity index is 1160. The lowest BCUT2D eigenvalue weighted by molar-refractivity contribution is 0.252. The maximum Gasteiger partial charge on any atom is 0.319 e. The molecule has 0 aliphatic carbocycles. The van der Waals surface area contributed by atoms with Crippen LogP contribution in [0.2, 0.25) is 0 Å². The summed E-state index contributed by atoms with van der Waals surface area (Å²) in [4.78, 5) is 12.8. The van der Waals surface area contributed by atoms with E-state index in [9.17, 15) is 9.00 Å². The molecule has 4 rings (SSSR count). The van der Waals surface area contributed by atoms with E-state index in [2.05, 4.69) is 15.4 Å². The molecule has 0 aliphatic heterocycles. The molecule has 5 nitrogen and oxygen atoms in total.